The summed E-state index contributed by atoms with van der Waals surface area (Å²) < 4.78 is 4.80. The second-order valence-electron chi connectivity index (χ2n) is 4.26. The molecule has 0 unspecified atom stereocenters. The number of hydrogen-bond acceptors (Lipinski definition) is 4. The summed E-state index contributed by atoms with van der Waals surface area (Å²) in [6.07, 6.45) is 0.855. The average Bonchev–Trinajstić information content (AvgIpc) is 2.37. The van der Waals surface area contributed by atoms with Crippen LogP contribution in [0.5, 0.6) is 0 Å². The molecule has 0 saturated carbocycles. The summed E-state index contributed by atoms with van der Waals surface area (Å²) in [5.74, 6) is -0.461. The van der Waals surface area contributed by atoms with Crippen LogP contribution in [-0.2, 0) is 9.53 Å². The van der Waals surface area contributed by atoms with Gasteiger partial charge in [0.1, 0.15) is 0 Å². The van der Waals surface area contributed by atoms with E-state index in [2.05, 4.69) is 5.32 Å². The van der Waals surface area contributed by atoms with Gasteiger partial charge in [0.2, 0.25) is 0 Å². The number of nitrogens with two attached hydrogens (primary N) is 1. The third-order valence-corrected chi connectivity index (χ3v) is 2.60. The van der Waals surface area contributed by atoms with Crippen LogP contribution in [0.2, 0.25) is 0 Å². The molecule has 0 fully saturated rings. The molecule has 1 rings (SSSR count). The predicted molar refractivity (Wildman–Crippen MR) is 73.8 cm³/mol. The fourth-order valence-corrected chi connectivity index (χ4v) is 1.63. The third-order valence-electron chi connectivity index (χ3n) is 2.60. The maximum absolute atomic E-state index is 11.9. The molecule has 1 aromatic rings. The highest BCUT2D eigenvalue weighted by Crippen LogP contribution is 2.13. The van der Waals surface area contributed by atoms with E-state index in [1.807, 2.05) is 13.0 Å². The van der Waals surface area contributed by atoms with E-state index in [1.54, 1.807) is 19.1 Å². The van der Waals surface area contributed by atoms with Crippen molar-refractivity contribution in [2.24, 2.45) is 0 Å². The number of amides is 1. The second-order valence-corrected chi connectivity index (χ2v) is 4.26. The Balaban J connectivity index is 2.39. The summed E-state index contributed by atoms with van der Waals surface area (Å²) in [6, 6.07) is 5.31. The molecule has 0 aliphatic carbocycles. The molecular weight excluding hydrogens is 244 g/mol. The van der Waals surface area contributed by atoms with Gasteiger partial charge in [0.05, 0.1) is 12.2 Å². The van der Waals surface area contributed by atoms with E-state index in [0.29, 0.717) is 37.2 Å². The van der Waals surface area contributed by atoms with Crippen LogP contribution >= 0.6 is 0 Å². The number of anilines is 1. The van der Waals surface area contributed by atoms with Gasteiger partial charge in [-0.15, -0.1) is 0 Å². The van der Waals surface area contributed by atoms with Crippen molar-refractivity contribution in [3.05, 3.63) is 29.3 Å². The number of aryl methyl sites for hydroxylation is 1. The van der Waals surface area contributed by atoms with E-state index in [4.69, 9.17) is 10.5 Å². The SMILES string of the molecule is CCOC(=O)CCCNC(=O)c1cc(C)ccc1N. The molecule has 104 valence electrons. The predicted octanol–water partition coefficient (Wildman–Crippen LogP) is 1.65. The molecule has 0 saturated heterocycles. The van der Waals surface area contributed by atoms with Crippen LogP contribution in [0.4, 0.5) is 5.69 Å². The minimum Gasteiger partial charge on any atom is -0.466 e. The third kappa shape index (κ3) is 4.99. The standard InChI is InChI=1S/C14H20N2O3/c1-3-19-13(17)5-4-8-16-14(18)11-9-10(2)6-7-12(11)15/h6-7,9H,3-5,8,15H2,1-2H3,(H,16,18). The number of ether oxygens (including phenoxy) is 1. The first-order chi connectivity index (χ1) is 9.04. The van der Waals surface area contributed by atoms with E-state index in [9.17, 15) is 9.59 Å². The molecule has 1 amide bonds. The minimum absolute atomic E-state index is 0.218. The Labute approximate surface area is 113 Å². The van der Waals surface area contributed by atoms with Gasteiger partial charge in [-0.1, -0.05) is 11.6 Å². The Bertz CT molecular complexity index is 458. The molecular formula is C14H20N2O3. The number of benzene rings is 1. The zero-order valence-corrected chi connectivity index (χ0v) is 11.4. The molecule has 0 radical (unpaired) electrons. The van der Waals surface area contributed by atoms with Crippen molar-refractivity contribution in [2.45, 2.75) is 26.7 Å². The average molecular weight is 264 g/mol. The lowest BCUT2D eigenvalue weighted by molar-refractivity contribution is -0.143. The molecule has 0 aliphatic rings. The summed E-state index contributed by atoms with van der Waals surface area (Å²) in [5, 5.41) is 2.74. The number of carbonyl (C=O) groups is 2. The number of nitrogens with one attached hydrogen (secondary N) is 1. The van der Waals surface area contributed by atoms with E-state index in [1.165, 1.54) is 0 Å². The van der Waals surface area contributed by atoms with E-state index >= 15 is 0 Å². The zero-order valence-electron chi connectivity index (χ0n) is 11.4. The first-order valence-electron chi connectivity index (χ1n) is 6.34. The van der Waals surface area contributed by atoms with Crippen molar-refractivity contribution in [1.29, 1.82) is 0 Å². The monoisotopic (exact) mass is 264 g/mol. The molecule has 1 aromatic carbocycles. The Morgan fingerprint density at radius 2 is 2.11 bits per heavy atom. The van der Waals surface area contributed by atoms with Crippen LogP contribution in [0.15, 0.2) is 18.2 Å². The number of rotatable bonds is 6. The van der Waals surface area contributed by atoms with Gasteiger partial charge in [0.25, 0.3) is 5.91 Å². The van der Waals surface area contributed by atoms with Crippen molar-refractivity contribution in [2.75, 3.05) is 18.9 Å². The number of esters is 1. The maximum atomic E-state index is 11.9. The van der Waals surface area contributed by atoms with E-state index in [0.717, 1.165) is 5.56 Å². The second kappa shape index (κ2) is 7.41. The van der Waals surface area contributed by atoms with Crippen LogP contribution in [-0.4, -0.2) is 25.0 Å². The number of carbonyl (C=O) groups excluding carboxylic acids is 2. The van der Waals surface area contributed by atoms with E-state index < -0.39 is 0 Å². The lowest BCUT2D eigenvalue weighted by Crippen LogP contribution is -2.26. The van der Waals surface area contributed by atoms with Crippen LogP contribution in [0.3, 0.4) is 0 Å². The molecule has 0 aliphatic heterocycles. The molecule has 5 heteroatoms. The van der Waals surface area contributed by atoms with Gasteiger partial charge in [-0.2, -0.15) is 0 Å². The van der Waals surface area contributed by atoms with Gasteiger partial charge in [-0.25, -0.2) is 0 Å². The molecule has 0 atom stereocenters. The normalized spacial score (nSPS) is 10.0. The highest BCUT2D eigenvalue weighted by Gasteiger charge is 2.09. The lowest BCUT2D eigenvalue weighted by Gasteiger charge is -2.08. The Morgan fingerprint density at radius 1 is 1.37 bits per heavy atom. The smallest absolute Gasteiger partial charge is 0.305 e. The Morgan fingerprint density at radius 3 is 2.79 bits per heavy atom. The molecule has 0 bridgehead atoms. The molecule has 3 N–H and O–H groups in total. The quantitative estimate of drug-likeness (QED) is 0.465. The van der Waals surface area contributed by atoms with Crippen molar-refractivity contribution in [3.8, 4) is 0 Å². The fourth-order valence-electron chi connectivity index (χ4n) is 1.63. The van der Waals surface area contributed by atoms with Gasteiger partial charge in [0.15, 0.2) is 0 Å². The van der Waals surface area contributed by atoms with Gasteiger partial charge in [-0.05, 0) is 32.4 Å². The Kier molecular flexibility index (Phi) is 5.85. The number of hydrogen-bond donors (Lipinski definition) is 2. The topological polar surface area (TPSA) is 81.4 Å². The summed E-state index contributed by atoms with van der Waals surface area (Å²) >= 11 is 0. The van der Waals surface area contributed by atoms with E-state index in [-0.39, 0.29) is 11.9 Å². The van der Waals surface area contributed by atoms with Gasteiger partial charge < -0.3 is 15.8 Å². The first kappa shape index (κ1) is 15.0. The minimum atomic E-state index is -0.244. The van der Waals surface area contributed by atoms with Crippen molar-refractivity contribution in [1.82, 2.24) is 5.32 Å². The summed E-state index contributed by atoms with van der Waals surface area (Å²) in [6.45, 7) is 4.47. The summed E-state index contributed by atoms with van der Waals surface area (Å²) in [5.41, 5.74) is 7.65. The number of nitrogen functional groups attached to an aromatic ring is 1. The summed E-state index contributed by atoms with van der Waals surface area (Å²) in [4.78, 5) is 23.0. The maximum Gasteiger partial charge on any atom is 0.305 e. The van der Waals surface area contributed by atoms with Gasteiger partial charge >= 0.3 is 5.97 Å². The largest absolute Gasteiger partial charge is 0.466 e. The first-order valence-corrected chi connectivity index (χ1v) is 6.34. The zero-order chi connectivity index (χ0) is 14.3. The highest BCUT2D eigenvalue weighted by atomic mass is 16.5. The fraction of sp³-hybridized carbons (Fsp3) is 0.429. The molecule has 0 heterocycles. The van der Waals surface area contributed by atoms with Gasteiger partial charge in [-0.3, -0.25) is 9.59 Å². The summed E-state index contributed by atoms with van der Waals surface area (Å²) in [7, 11) is 0. The highest BCUT2D eigenvalue weighted by molar-refractivity contribution is 5.99. The van der Waals surface area contributed by atoms with Crippen LogP contribution in [0.1, 0.15) is 35.7 Å². The molecule has 0 aromatic heterocycles. The molecule has 5 nitrogen and oxygen atoms in total. The lowest BCUT2D eigenvalue weighted by atomic mass is 10.1. The molecule has 19 heavy (non-hydrogen) atoms. The van der Waals surface area contributed by atoms with Crippen molar-refractivity contribution < 1.29 is 14.3 Å². The van der Waals surface area contributed by atoms with Crippen LogP contribution in [0, 0.1) is 6.92 Å². The van der Waals surface area contributed by atoms with Crippen LogP contribution < -0.4 is 11.1 Å². The van der Waals surface area contributed by atoms with Crippen molar-refractivity contribution in [3.63, 3.8) is 0 Å². The Hall–Kier alpha value is -2.04. The van der Waals surface area contributed by atoms with Crippen molar-refractivity contribution >= 4 is 17.6 Å². The molecule has 0 spiro atoms. The van der Waals surface area contributed by atoms with Crippen LogP contribution in [0.25, 0.3) is 0 Å². The van der Waals surface area contributed by atoms with Gasteiger partial charge in [0, 0.05) is 18.7 Å².